The molecule has 0 aliphatic rings. The molecule has 0 bridgehead atoms. The molecule has 0 aliphatic heterocycles. The van der Waals surface area contributed by atoms with Crippen LogP contribution in [0, 0.1) is 11.6 Å². The van der Waals surface area contributed by atoms with Crippen LogP contribution in [-0.4, -0.2) is 24.3 Å². The molecule has 0 radical (unpaired) electrons. The van der Waals surface area contributed by atoms with Gasteiger partial charge in [0.2, 0.25) is 10.0 Å². The maximum absolute atomic E-state index is 13.8. The predicted molar refractivity (Wildman–Crippen MR) is 88.6 cm³/mol. The highest BCUT2D eigenvalue weighted by molar-refractivity contribution is 7.99. The van der Waals surface area contributed by atoms with Crippen molar-refractivity contribution in [1.29, 1.82) is 0 Å². The Balaban J connectivity index is 2.18. The highest BCUT2D eigenvalue weighted by Gasteiger charge is 2.17. The van der Waals surface area contributed by atoms with E-state index < -0.39 is 27.2 Å². The number of fused-ring (bicyclic) bond motifs is 1. The Morgan fingerprint density at radius 3 is 2.71 bits per heavy atom. The van der Waals surface area contributed by atoms with Gasteiger partial charge in [-0.05, 0) is 35.3 Å². The summed E-state index contributed by atoms with van der Waals surface area (Å²) < 4.78 is 50.9. The largest absolute Gasteiger partial charge is 0.291 e. The van der Waals surface area contributed by atoms with Gasteiger partial charge in [0.1, 0.15) is 16.3 Å². The van der Waals surface area contributed by atoms with E-state index in [0.717, 1.165) is 28.3 Å². The highest BCUT2D eigenvalue weighted by atomic mass is 32.2. The second-order valence-electron chi connectivity index (χ2n) is 4.71. The second kappa shape index (κ2) is 6.15. The van der Waals surface area contributed by atoms with Crippen molar-refractivity contribution in [3.63, 3.8) is 0 Å². The molecule has 1 aromatic carbocycles. The van der Waals surface area contributed by atoms with Crippen molar-refractivity contribution in [3.8, 4) is 0 Å². The van der Waals surface area contributed by atoms with Gasteiger partial charge >= 0.3 is 0 Å². The number of hydrogen-bond donors (Lipinski definition) is 1. The van der Waals surface area contributed by atoms with E-state index in [4.69, 9.17) is 0 Å². The molecule has 2 heterocycles. The number of halogens is 2. The van der Waals surface area contributed by atoms with E-state index in [0.29, 0.717) is 23.3 Å². The van der Waals surface area contributed by atoms with Crippen LogP contribution in [0.5, 0.6) is 0 Å². The van der Waals surface area contributed by atoms with Gasteiger partial charge in [-0.25, -0.2) is 27.0 Å². The number of thiophene rings is 1. The number of nitrogens with zero attached hydrogens (tertiary/aromatic N) is 2. The van der Waals surface area contributed by atoms with Gasteiger partial charge in [0.05, 0.1) is 16.7 Å². The van der Waals surface area contributed by atoms with Crippen molar-refractivity contribution in [3.05, 3.63) is 51.6 Å². The lowest BCUT2D eigenvalue weighted by atomic mass is 10.3. The molecule has 0 saturated heterocycles. The molecule has 0 spiro atoms. The van der Waals surface area contributed by atoms with Gasteiger partial charge in [0.15, 0.2) is 5.16 Å². The van der Waals surface area contributed by atoms with Gasteiger partial charge in [-0.15, -0.1) is 11.3 Å². The maximum Gasteiger partial charge on any atom is 0.291 e. The van der Waals surface area contributed by atoms with Crippen LogP contribution in [0.3, 0.4) is 0 Å². The van der Waals surface area contributed by atoms with Gasteiger partial charge < -0.3 is 0 Å². The molecule has 1 N–H and O–H groups in total. The van der Waals surface area contributed by atoms with E-state index in [1.807, 2.05) is 0 Å². The molecule has 11 heteroatoms. The zero-order valence-electron chi connectivity index (χ0n) is 12.0. The fourth-order valence-electron chi connectivity index (χ4n) is 1.86. The van der Waals surface area contributed by atoms with Gasteiger partial charge in [-0.3, -0.25) is 4.79 Å². The predicted octanol–water partition coefficient (Wildman–Crippen LogP) is 2.39. The van der Waals surface area contributed by atoms with E-state index in [1.165, 1.54) is 6.07 Å². The lowest BCUT2D eigenvalue weighted by Gasteiger charge is -2.12. The van der Waals surface area contributed by atoms with E-state index in [9.17, 15) is 22.0 Å². The number of benzene rings is 1. The van der Waals surface area contributed by atoms with Gasteiger partial charge in [0.25, 0.3) is 5.56 Å². The quantitative estimate of drug-likeness (QED) is 0.693. The normalized spacial score (nSPS) is 11.8. The van der Waals surface area contributed by atoms with Crippen LogP contribution in [-0.2, 0) is 10.0 Å². The minimum atomic E-state index is -3.77. The molecule has 0 amide bonds. The first-order valence-electron chi connectivity index (χ1n) is 6.35. The highest BCUT2D eigenvalue weighted by Crippen LogP contribution is 2.29. The number of nitrogens with one attached hydrogen (secondary N) is 1. The Morgan fingerprint density at radius 2 is 2.04 bits per heavy atom. The van der Waals surface area contributed by atoms with Gasteiger partial charge in [0, 0.05) is 6.07 Å². The van der Waals surface area contributed by atoms with Gasteiger partial charge in [-0.1, -0.05) is 0 Å². The molecule has 0 saturated carbocycles. The zero-order valence-corrected chi connectivity index (χ0v) is 14.4. The zero-order chi connectivity index (χ0) is 17.5. The lowest BCUT2D eigenvalue weighted by Crippen LogP contribution is -2.34. The van der Waals surface area contributed by atoms with Crippen LogP contribution in [0.15, 0.2) is 44.5 Å². The Kier molecular flexibility index (Phi) is 4.32. The fraction of sp³-hybridized carbons (Fsp3) is 0.0769. The fourth-order valence-corrected chi connectivity index (χ4v) is 4.03. The summed E-state index contributed by atoms with van der Waals surface area (Å²) in [6.07, 6.45) is 0.880. The van der Waals surface area contributed by atoms with E-state index >= 15 is 0 Å². The van der Waals surface area contributed by atoms with Crippen LogP contribution < -0.4 is 10.4 Å². The molecule has 24 heavy (non-hydrogen) atoms. The first-order valence-corrected chi connectivity index (χ1v) is 9.94. The standard InChI is InChI=1S/C13H9F2N3O3S3/c1-24(20,21)17-18-12(19)11-9(4-5-22-11)16-13(18)23-10-3-2-7(14)6-8(10)15/h2-6,17H,1H3. The van der Waals surface area contributed by atoms with Crippen LogP contribution in [0.1, 0.15) is 0 Å². The summed E-state index contributed by atoms with van der Waals surface area (Å²) in [6.45, 7) is 0. The molecule has 0 fully saturated rings. The topological polar surface area (TPSA) is 81.1 Å². The molecule has 126 valence electrons. The van der Waals surface area contributed by atoms with Gasteiger partial charge in [-0.2, -0.15) is 4.68 Å². The Labute approximate surface area is 143 Å². The average Bonchev–Trinajstić information content (AvgIpc) is 2.93. The summed E-state index contributed by atoms with van der Waals surface area (Å²) in [4.78, 5) is 18.7. The van der Waals surface area contributed by atoms with Crippen molar-refractivity contribution >= 4 is 43.3 Å². The molecule has 0 atom stereocenters. The summed E-state index contributed by atoms with van der Waals surface area (Å²) in [5.74, 6) is -1.59. The van der Waals surface area contributed by atoms with E-state index in [-0.39, 0.29) is 14.8 Å². The summed E-state index contributed by atoms with van der Waals surface area (Å²) in [5.41, 5.74) is -0.257. The maximum atomic E-state index is 13.8. The summed E-state index contributed by atoms with van der Waals surface area (Å²) >= 11 is 1.82. The van der Waals surface area contributed by atoms with Crippen LogP contribution >= 0.6 is 23.1 Å². The lowest BCUT2D eigenvalue weighted by molar-refractivity contribution is 0.565. The number of aromatic nitrogens is 2. The van der Waals surface area contributed by atoms with Crippen molar-refractivity contribution in [2.24, 2.45) is 0 Å². The molecule has 3 aromatic rings. The monoisotopic (exact) mass is 389 g/mol. The Morgan fingerprint density at radius 1 is 1.29 bits per heavy atom. The van der Waals surface area contributed by atoms with E-state index in [2.05, 4.69) is 9.82 Å². The van der Waals surface area contributed by atoms with Crippen molar-refractivity contribution < 1.29 is 17.2 Å². The van der Waals surface area contributed by atoms with Crippen LogP contribution in [0.4, 0.5) is 8.78 Å². The minimum Gasteiger partial charge on any atom is -0.266 e. The van der Waals surface area contributed by atoms with Crippen LogP contribution in [0.2, 0.25) is 0 Å². The minimum absolute atomic E-state index is 0.00179. The third-order valence-electron chi connectivity index (χ3n) is 2.80. The molecule has 3 rings (SSSR count). The third kappa shape index (κ3) is 3.42. The van der Waals surface area contributed by atoms with E-state index in [1.54, 1.807) is 11.4 Å². The number of rotatable bonds is 4. The first kappa shape index (κ1) is 16.9. The Bertz CT molecular complexity index is 1090. The molecule has 0 aliphatic carbocycles. The smallest absolute Gasteiger partial charge is 0.266 e. The number of sulfonamides is 1. The number of hydrogen-bond acceptors (Lipinski definition) is 6. The van der Waals surface area contributed by atoms with Crippen molar-refractivity contribution in [2.75, 3.05) is 11.1 Å². The molecular formula is C13H9F2N3O3S3. The SMILES string of the molecule is CS(=O)(=O)Nn1c(Sc2ccc(F)cc2F)nc2ccsc2c1=O. The average molecular weight is 389 g/mol. The summed E-state index contributed by atoms with van der Waals surface area (Å²) in [7, 11) is -3.77. The first-order chi connectivity index (χ1) is 11.2. The molecule has 2 aromatic heterocycles. The summed E-state index contributed by atoms with van der Waals surface area (Å²) in [6, 6.07) is 4.53. The molecule has 6 nitrogen and oxygen atoms in total. The third-order valence-corrected chi connectivity index (χ3v) is 5.21. The summed E-state index contributed by atoms with van der Waals surface area (Å²) in [5, 5.41) is 1.55. The van der Waals surface area contributed by atoms with Crippen molar-refractivity contribution in [1.82, 2.24) is 9.66 Å². The Hall–Kier alpha value is -1.98. The molecule has 0 unspecified atom stereocenters. The molecular weight excluding hydrogens is 380 g/mol. The second-order valence-corrected chi connectivity index (χ2v) is 8.36. The van der Waals surface area contributed by atoms with Crippen LogP contribution in [0.25, 0.3) is 10.2 Å². The van der Waals surface area contributed by atoms with Crippen molar-refractivity contribution in [2.45, 2.75) is 10.1 Å².